The van der Waals surface area contributed by atoms with Crippen LogP contribution in [0.3, 0.4) is 0 Å². The Morgan fingerprint density at radius 2 is 1.69 bits per heavy atom. The van der Waals surface area contributed by atoms with E-state index in [1.165, 1.54) is 27.0 Å². The molecule has 3 amide bonds. The van der Waals surface area contributed by atoms with Crippen molar-refractivity contribution in [1.82, 2.24) is 24.1 Å². The number of piperazine rings is 1. The van der Waals surface area contributed by atoms with E-state index in [4.69, 9.17) is 23.2 Å². The fourth-order valence-electron chi connectivity index (χ4n) is 5.04. The first-order valence-electron chi connectivity index (χ1n) is 12.1. The molecule has 1 fully saturated rings. The second-order valence-corrected chi connectivity index (χ2v) is 13.2. The zero-order chi connectivity index (χ0) is 28.1. The molecule has 0 bridgehead atoms. The predicted molar refractivity (Wildman–Crippen MR) is 152 cm³/mol. The van der Waals surface area contributed by atoms with Crippen LogP contribution < -0.4 is 10.2 Å². The van der Waals surface area contributed by atoms with Gasteiger partial charge in [-0.3, -0.25) is 9.36 Å². The molecule has 1 N–H and O–H groups in total. The molecule has 2 aromatic carbocycles. The number of benzene rings is 2. The molecule has 3 heterocycles. The monoisotopic (exact) mass is 654 g/mol. The van der Waals surface area contributed by atoms with Crippen LogP contribution in [0.4, 0.5) is 16.4 Å². The molecule has 39 heavy (non-hydrogen) atoms. The van der Waals surface area contributed by atoms with Gasteiger partial charge in [-0.1, -0.05) is 51.3 Å². The van der Waals surface area contributed by atoms with Crippen molar-refractivity contribution < 1.29 is 18.0 Å². The van der Waals surface area contributed by atoms with Crippen LogP contribution >= 0.6 is 39.1 Å². The molecule has 1 atom stereocenters. The number of sulfonamides is 1. The van der Waals surface area contributed by atoms with E-state index < -0.39 is 15.6 Å². The average molecular weight is 656 g/mol. The number of rotatable bonds is 5. The van der Waals surface area contributed by atoms with Crippen LogP contribution in [-0.4, -0.2) is 72.3 Å². The van der Waals surface area contributed by atoms with E-state index >= 15 is 0 Å². The van der Waals surface area contributed by atoms with Crippen molar-refractivity contribution in [2.24, 2.45) is 0 Å². The third kappa shape index (κ3) is 4.93. The van der Waals surface area contributed by atoms with Crippen LogP contribution in [0, 0.1) is 0 Å². The predicted octanol–water partition coefficient (Wildman–Crippen LogP) is 4.23. The molecular formula is C25H25BrCl2N6O4S. The summed E-state index contributed by atoms with van der Waals surface area (Å²) < 4.78 is 31.6. The lowest BCUT2D eigenvalue weighted by atomic mass is 9.92. The van der Waals surface area contributed by atoms with E-state index in [0.717, 1.165) is 10.0 Å². The summed E-state index contributed by atoms with van der Waals surface area (Å²) in [6, 6.07) is 11.9. The minimum Gasteiger partial charge on any atom is -0.341 e. The highest BCUT2D eigenvalue weighted by molar-refractivity contribution is 9.10. The van der Waals surface area contributed by atoms with Gasteiger partial charge in [-0.25, -0.2) is 23.1 Å². The van der Waals surface area contributed by atoms with Crippen molar-refractivity contribution >= 4 is 72.7 Å². The number of nitrogens with zero attached hydrogens (tertiary/aromatic N) is 5. The number of halogens is 3. The number of amides is 3. The highest BCUT2D eigenvalue weighted by atomic mass is 79.9. The van der Waals surface area contributed by atoms with Gasteiger partial charge in [-0.05, 0) is 42.8 Å². The lowest BCUT2D eigenvalue weighted by Gasteiger charge is -2.34. The zero-order valence-corrected chi connectivity index (χ0v) is 25.0. The molecule has 10 nitrogen and oxygen atoms in total. The maximum atomic E-state index is 14.2. The van der Waals surface area contributed by atoms with Crippen molar-refractivity contribution in [3.05, 3.63) is 68.7 Å². The number of nitrogens with one attached hydrogen (secondary N) is 1. The SMILES string of the molecule is CNC(=O)N1CCN(S(=O)(=O)c2cnc3n2C(C)(Cc2ccc(Br)cc2)C(=O)N3c2cc(Cl)cc(Cl)c2)CC1. The van der Waals surface area contributed by atoms with E-state index in [1.807, 2.05) is 24.3 Å². The number of anilines is 2. The van der Waals surface area contributed by atoms with Crippen molar-refractivity contribution in [3.8, 4) is 0 Å². The van der Waals surface area contributed by atoms with E-state index in [-0.39, 0.29) is 55.5 Å². The summed E-state index contributed by atoms with van der Waals surface area (Å²) in [5.74, 6) is -0.215. The van der Waals surface area contributed by atoms with Crippen molar-refractivity contribution in [1.29, 1.82) is 0 Å². The number of fused-ring (bicyclic) bond motifs is 1. The molecule has 0 spiro atoms. The Morgan fingerprint density at radius 1 is 1.08 bits per heavy atom. The number of aromatic nitrogens is 2. The summed E-state index contributed by atoms with van der Waals surface area (Å²) in [6.45, 7) is 2.41. The molecule has 2 aliphatic heterocycles. The number of carbonyl (C=O) groups is 2. The van der Waals surface area contributed by atoms with Crippen LogP contribution in [-0.2, 0) is 26.8 Å². The number of hydrogen-bond acceptors (Lipinski definition) is 5. The topological polar surface area (TPSA) is 108 Å². The first kappa shape index (κ1) is 27.9. The molecule has 0 radical (unpaired) electrons. The Morgan fingerprint density at radius 3 is 2.28 bits per heavy atom. The van der Waals surface area contributed by atoms with Crippen LogP contribution in [0.25, 0.3) is 0 Å². The average Bonchev–Trinajstić information content (AvgIpc) is 3.43. The van der Waals surface area contributed by atoms with Gasteiger partial charge >= 0.3 is 6.03 Å². The summed E-state index contributed by atoms with van der Waals surface area (Å²) in [5, 5.41) is 3.11. The molecule has 206 valence electrons. The fraction of sp³-hybridized carbons (Fsp3) is 0.320. The van der Waals surface area contributed by atoms with E-state index in [0.29, 0.717) is 15.7 Å². The number of urea groups is 1. The van der Waals surface area contributed by atoms with Crippen LogP contribution in [0.5, 0.6) is 0 Å². The van der Waals surface area contributed by atoms with Gasteiger partial charge in [0.05, 0.1) is 11.9 Å². The maximum Gasteiger partial charge on any atom is 0.317 e. The standard InChI is InChI=1S/C25H25BrCl2N6O4S/c1-25(14-16-3-5-17(26)6-4-16)22(35)33(20-12-18(27)11-19(28)13-20)23-30-15-21(34(23)25)39(37,38)32-9-7-31(8-10-32)24(36)29-2/h3-6,11-13,15H,7-10,14H2,1-2H3,(H,29,36). The smallest absolute Gasteiger partial charge is 0.317 e. The van der Waals surface area contributed by atoms with Crippen LogP contribution in [0.15, 0.2) is 58.2 Å². The molecule has 1 saturated heterocycles. The molecule has 2 aliphatic rings. The molecule has 0 aliphatic carbocycles. The lowest BCUT2D eigenvalue weighted by molar-refractivity contribution is -0.124. The van der Waals surface area contributed by atoms with Crippen molar-refractivity contribution in [2.45, 2.75) is 23.9 Å². The Labute approximate surface area is 244 Å². The summed E-state index contributed by atoms with van der Waals surface area (Å²) in [6.07, 6.45) is 1.49. The summed E-state index contributed by atoms with van der Waals surface area (Å²) in [4.78, 5) is 33.5. The lowest BCUT2D eigenvalue weighted by Crippen LogP contribution is -2.53. The number of carbonyl (C=O) groups excluding carboxylic acids is 2. The normalized spacial score (nSPS) is 19.9. The summed E-state index contributed by atoms with van der Waals surface area (Å²) in [5.41, 5.74) is -0.116. The van der Waals surface area contributed by atoms with Gasteiger partial charge in [0.1, 0.15) is 5.54 Å². The first-order chi connectivity index (χ1) is 18.5. The second-order valence-electron chi connectivity index (χ2n) is 9.52. The minimum absolute atomic E-state index is 0.102. The third-order valence-corrected chi connectivity index (χ3v) is 9.81. The zero-order valence-electron chi connectivity index (χ0n) is 21.1. The Bertz CT molecular complexity index is 1540. The highest BCUT2D eigenvalue weighted by Crippen LogP contribution is 2.45. The van der Waals surface area contributed by atoms with Crippen molar-refractivity contribution in [2.75, 3.05) is 38.1 Å². The van der Waals surface area contributed by atoms with Crippen LogP contribution in [0.1, 0.15) is 12.5 Å². The number of imidazole rings is 1. The quantitative estimate of drug-likeness (QED) is 0.443. The Kier molecular flexibility index (Phi) is 7.44. The molecule has 3 aromatic rings. The van der Waals surface area contributed by atoms with Gasteiger partial charge in [0.15, 0.2) is 5.03 Å². The second kappa shape index (κ2) is 10.4. The fourth-order valence-corrected chi connectivity index (χ4v) is 7.42. The first-order valence-corrected chi connectivity index (χ1v) is 15.0. The minimum atomic E-state index is -4.08. The van der Waals surface area contributed by atoms with Gasteiger partial charge in [0, 0.05) is 54.2 Å². The van der Waals surface area contributed by atoms with Crippen LogP contribution in [0.2, 0.25) is 10.0 Å². The van der Waals surface area contributed by atoms with E-state index in [2.05, 4.69) is 26.2 Å². The molecule has 1 aromatic heterocycles. The Balaban J connectivity index is 1.60. The molecule has 5 rings (SSSR count). The van der Waals surface area contributed by atoms with Gasteiger partial charge < -0.3 is 10.2 Å². The molecular weight excluding hydrogens is 631 g/mol. The molecule has 0 saturated carbocycles. The van der Waals surface area contributed by atoms with Crippen molar-refractivity contribution in [3.63, 3.8) is 0 Å². The van der Waals surface area contributed by atoms with E-state index in [1.54, 1.807) is 30.0 Å². The third-order valence-electron chi connectivity index (χ3n) is 6.98. The van der Waals surface area contributed by atoms with Gasteiger partial charge in [-0.15, -0.1) is 0 Å². The van der Waals surface area contributed by atoms with Gasteiger partial charge in [-0.2, -0.15) is 4.31 Å². The largest absolute Gasteiger partial charge is 0.341 e. The van der Waals surface area contributed by atoms with Gasteiger partial charge in [0.25, 0.3) is 15.9 Å². The summed E-state index contributed by atoms with van der Waals surface area (Å²) >= 11 is 15.9. The molecule has 14 heteroatoms. The van der Waals surface area contributed by atoms with Gasteiger partial charge in [0.2, 0.25) is 5.95 Å². The summed E-state index contributed by atoms with van der Waals surface area (Å²) in [7, 11) is -2.55. The number of hydrogen-bond donors (Lipinski definition) is 1. The highest BCUT2D eigenvalue weighted by Gasteiger charge is 2.52. The Hall–Kier alpha value is -2.64. The molecule has 1 unspecified atom stereocenters. The van der Waals surface area contributed by atoms with E-state index in [9.17, 15) is 18.0 Å². The maximum absolute atomic E-state index is 14.2.